The van der Waals surface area contributed by atoms with Gasteiger partial charge in [0.05, 0.1) is 6.26 Å². The first-order valence-electron chi connectivity index (χ1n) is 5.46. The molecule has 0 aliphatic rings. The quantitative estimate of drug-likeness (QED) is 0.642. The van der Waals surface area contributed by atoms with E-state index < -0.39 is 10.1 Å². The van der Waals surface area contributed by atoms with Gasteiger partial charge in [0.25, 0.3) is 10.1 Å². The van der Waals surface area contributed by atoms with E-state index in [1.807, 2.05) is 0 Å². The van der Waals surface area contributed by atoms with E-state index in [0.717, 1.165) is 0 Å². The molecular formula is C11H21NO3S. The molecule has 1 heterocycles. The predicted octanol–water partition coefficient (Wildman–Crippen LogP) is 2.57. The number of unbranched alkanes of at least 4 members (excludes halogenated alkanes) is 3. The van der Waals surface area contributed by atoms with Crippen LogP contribution in [0.5, 0.6) is 0 Å². The number of hydrogen-bond acceptors (Lipinski definition) is 2. The molecular weight excluding hydrogens is 226 g/mol. The van der Waals surface area contributed by atoms with Crippen LogP contribution >= 0.6 is 0 Å². The lowest BCUT2D eigenvalue weighted by molar-refractivity contribution is 0.490. The van der Waals surface area contributed by atoms with Crippen molar-refractivity contribution in [2.75, 3.05) is 6.26 Å². The number of aromatic nitrogens is 1. The van der Waals surface area contributed by atoms with Crippen LogP contribution in [0.4, 0.5) is 0 Å². The molecule has 5 heteroatoms. The third kappa shape index (κ3) is 13.2. The molecule has 1 aromatic rings. The summed E-state index contributed by atoms with van der Waals surface area (Å²) >= 11 is 0. The SMILES string of the molecule is CCCCCCn1cccc1.CS(=O)(=O)O. The molecule has 0 bridgehead atoms. The summed E-state index contributed by atoms with van der Waals surface area (Å²) in [7, 11) is -3.67. The van der Waals surface area contributed by atoms with Crippen molar-refractivity contribution in [1.29, 1.82) is 0 Å². The monoisotopic (exact) mass is 247 g/mol. The van der Waals surface area contributed by atoms with Crippen molar-refractivity contribution in [3.63, 3.8) is 0 Å². The Morgan fingerprint density at radius 1 is 1.12 bits per heavy atom. The molecule has 0 saturated heterocycles. The standard InChI is InChI=1S/C10H17N.CH4O3S/c1-2-3-4-5-8-11-9-6-7-10-11;1-5(2,3)4/h6-7,9-10H,2-5,8H2,1H3;1H3,(H,2,3,4). The highest BCUT2D eigenvalue weighted by Gasteiger charge is 1.88. The van der Waals surface area contributed by atoms with E-state index in [4.69, 9.17) is 4.55 Å². The molecule has 0 aromatic carbocycles. The van der Waals surface area contributed by atoms with Gasteiger partial charge in [-0.2, -0.15) is 8.42 Å². The fourth-order valence-electron chi connectivity index (χ4n) is 1.24. The molecule has 0 unspecified atom stereocenters. The molecule has 0 atom stereocenters. The molecule has 94 valence electrons. The largest absolute Gasteiger partial charge is 0.354 e. The summed E-state index contributed by atoms with van der Waals surface area (Å²) in [6, 6.07) is 4.17. The first-order valence-corrected chi connectivity index (χ1v) is 7.31. The van der Waals surface area contributed by atoms with E-state index in [1.54, 1.807) is 0 Å². The van der Waals surface area contributed by atoms with Crippen LogP contribution in [0, 0.1) is 0 Å². The fraction of sp³-hybridized carbons (Fsp3) is 0.636. The summed E-state index contributed by atoms with van der Waals surface area (Å²) in [6.45, 7) is 3.43. The second kappa shape index (κ2) is 8.35. The number of aryl methyl sites for hydroxylation is 1. The van der Waals surface area contributed by atoms with E-state index in [0.29, 0.717) is 6.26 Å². The smallest absolute Gasteiger partial charge is 0.261 e. The molecule has 4 nitrogen and oxygen atoms in total. The maximum atomic E-state index is 9.19. The molecule has 0 fully saturated rings. The first-order chi connectivity index (χ1) is 7.43. The average Bonchev–Trinajstić information content (AvgIpc) is 2.62. The van der Waals surface area contributed by atoms with Crippen molar-refractivity contribution in [3.05, 3.63) is 24.5 Å². The second-order valence-corrected chi connectivity index (χ2v) is 5.18. The van der Waals surface area contributed by atoms with Crippen molar-refractivity contribution in [2.24, 2.45) is 0 Å². The zero-order chi connectivity index (χ0) is 12.4. The Balaban J connectivity index is 0.000000385. The van der Waals surface area contributed by atoms with Gasteiger partial charge in [-0.3, -0.25) is 4.55 Å². The first kappa shape index (κ1) is 15.2. The summed E-state index contributed by atoms with van der Waals surface area (Å²) in [4.78, 5) is 0. The third-order valence-corrected chi connectivity index (χ3v) is 1.94. The van der Waals surface area contributed by atoms with Crippen LogP contribution in [0.1, 0.15) is 32.6 Å². The zero-order valence-electron chi connectivity index (χ0n) is 9.96. The van der Waals surface area contributed by atoms with E-state index in [1.165, 1.54) is 32.2 Å². The maximum absolute atomic E-state index is 9.19. The molecule has 0 amide bonds. The summed E-state index contributed by atoms with van der Waals surface area (Å²) in [5, 5.41) is 0. The third-order valence-electron chi connectivity index (χ3n) is 1.94. The van der Waals surface area contributed by atoms with E-state index in [2.05, 4.69) is 36.0 Å². The van der Waals surface area contributed by atoms with Crippen molar-refractivity contribution in [2.45, 2.75) is 39.2 Å². The molecule has 1 N–H and O–H groups in total. The van der Waals surface area contributed by atoms with Crippen molar-refractivity contribution in [1.82, 2.24) is 4.57 Å². The Kier molecular flexibility index (Phi) is 7.93. The van der Waals surface area contributed by atoms with E-state index in [9.17, 15) is 8.42 Å². The molecule has 16 heavy (non-hydrogen) atoms. The van der Waals surface area contributed by atoms with Gasteiger partial charge in [0.1, 0.15) is 0 Å². The second-order valence-electron chi connectivity index (χ2n) is 3.71. The molecule has 1 aromatic heterocycles. The Labute approximate surface area is 98.0 Å². The Morgan fingerprint density at radius 3 is 2.06 bits per heavy atom. The molecule has 0 aliphatic carbocycles. The van der Waals surface area contributed by atoms with Crippen molar-refractivity contribution < 1.29 is 13.0 Å². The maximum Gasteiger partial charge on any atom is 0.261 e. The van der Waals surface area contributed by atoms with Crippen LogP contribution in [0.25, 0.3) is 0 Å². The van der Waals surface area contributed by atoms with Crippen LogP contribution in [0.15, 0.2) is 24.5 Å². The van der Waals surface area contributed by atoms with Gasteiger partial charge < -0.3 is 4.57 Å². The molecule has 0 aliphatic heterocycles. The number of rotatable bonds is 5. The zero-order valence-corrected chi connectivity index (χ0v) is 10.8. The van der Waals surface area contributed by atoms with Gasteiger partial charge >= 0.3 is 0 Å². The van der Waals surface area contributed by atoms with Gasteiger partial charge in [-0.25, -0.2) is 0 Å². The van der Waals surface area contributed by atoms with Crippen LogP contribution in [0.2, 0.25) is 0 Å². The normalized spacial score (nSPS) is 10.7. The fourth-order valence-corrected chi connectivity index (χ4v) is 1.24. The summed E-state index contributed by atoms with van der Waals surface area (Å²) < 4.78 is 28.1. The minimum atomic E-state index is -3.67. The Morgan fingerprint density at radius 2 is 1.62 bits per heavy atom. The topological polar surface area (TPSA) is 59.3 Å². The molecule has 0 spiro atoms. The van der Waals surface area contributed by atoms with Crippen LogP contribution in [0.3, 0.4) is 0 Å². The van der Waals surface area contributed by atoms with Gasteiger partial charge in [-0.1, -0.05) is 26.2 Å². The highest BCUT2D eigenvalue weighted by molar-refractivity contribution is 7.85. The minimum absolute atomic E-state index is 0.715. The van der Waals surface area contributed by atoms with Crippen molar-refractivity contribution in [3.8, 4) is 0 Å². The van der Waals surface area contributed by atoms with Gasteiger partial charge in [0, 0.05) is 18.9 Å². The number of hydrogen-bond donors (Lipinski definition) is 1. The summed E-state index contributed by atoms with van der Waals surface area (Å²) in [5.41, 5.74) is 0. The minimum Gasteiger partial charge on any atom is -0.354 e. The highest BCUT2D eigenvalue weighted by Crippen LogP contribution is 2.01. The molecule has 0 radical (unpaired) electrons. The highest BCUT2D eigenvalue weighted by atomic mass is 32.2. The van der Waals surface area contributed by atoms with E-state index in [-0.39, 0.29) is 0 Å². The van der Waals surface area contributed by atoms with Crippen LogP contribution < -0.4 is 0 Å². The van der Waals surface area contributed by atoms with Gasteiger partial charge in [0.2, 0.25) is 0 Å². The lowest BCUT2D eigenvalue weighted by Gasteiger charge is -2.00. The Hall–Kier alpha value is -0.810. The predicted molar refractivity (Wildman–Crippen MR) is 66.0 cm³/mol. The summed E-state index contributed by atoms with van der Waals surface area (Å²) in [6.07, 6.45) is 10.4. The van der Waals surface area contributed by atoms with Crippen LogP contribution in [-0.4, -0.2) is 23.8 Å². The van der Waals surface area contributed by atoms with Crippen molar-refractivity contribution >= 4 is 10.1 Å². The molecule has 0 saturated carbocycles. The number of nitrogens with zero attached hydrogens (tertiary/aromatic N) is 1. The summed E-state index contributed by atoms with van der Waals surface area (Å²) in [5.74, 6) is 0. The lowest BCUT2D eigenvalue weighted by Crippen LogP contribution is -1.93. The lowest BCUT2D eigenvalue weighted by atomic mass is 10.2. The van der Waals surface area contributed by atoms with Gasteiger partial charge in [0.15, 0.2) is 0 Å². The molecule has 1 rings (SSSR count). The van der Waals surface area contributed by atoms with E-state index >= 15 is 0 Å². The van der Waals surface area contributed by atoms with Crippen LogP contribution in [-0.2, 0) is 16.7 Å². The Bertz CT molecular complexity index is 335. The van der Waals surface area contributed by atoms with Gasteiger partial charge in [-0.05, 0) is 18.6 Å². The average molecular weight is 247 g/mol. The van der Waals surface area contributed by atoms with Gasteiger partial charge in [-0.15, -0.1) is 0 Å².